The molecule has 1 saturated heterocycles. The summed E-state index contributed by atoms with van der Waals surface area (Å²) in [5.74, 6) is -1.12. The molecule has 1 amide bonds. The monoisotopic (exact) mass is 547 g/mol. The number of aryl methyl sites for hydroxylation is 1. The normalized spacial score (nSPS) is 17.1. The summed E-state index contributed by atoms with van der Waals surface area (Å²) in [6, 6.07) is 4.07. The molecule has 1 aliphatic heterocycles. The van der Waals surface area contributed by atoms with Gasteiger partial charge in [0.25, 0.3) is 11.8 Å². The van der Waals surface area contributed by atoms with Crippen molar-refractivity contribution in [2.75, 3.05) is 18.1 Å². The van der Waals surface area contributed by atoms with Crippen molar-refractivity contribution < 1.29 is 35.9 Å². The number of nitrogens with zero attached hydrogens (tertiary/aromatic N) is 4. The molecule has 0 aliphatic carbocycles. The van der Waals surface area contributed by atoms with Crippen LogP contribution in [0.4, 0.5) is 13.2 Å². The summed E-state index contributed by atoms with van der Waals surface area (Å²) in [5.41, 5.74) is -0.0697. The highest BCUT2D eigenvalue weighted by Gasteiger charge is 2.35. The molecule has 1 aliphatic rings. The van der Waals surface area contributed by atoms with Crippen LogP contribution < -0.4 is 14.8 Å². The smallest absolute Gasteiger partial charge is 0.422 e. The lowest BCUT2D eigenvalue weighted by Crippen LogP contribution is -2.51. The zero-order chi connectivity index (χ0) is 26.3. The number of hydrogen-bond acceptors (Lipinski definition) is 8. The standard InChI is InChI=1S/C21H21ClF3N5O5S/c1-20(5-7-36(32,33)8-6-20)29-18(31)17-27-13-3-4-15(28-16(13)30(17)2)35-19-14(9-12(22)10-26-19)34-11-21(23,24)25/h3-4,9-10H,5-8,11H2,1-2H3,(H,29,31). The van der Waals surface area contributed by atoms with Crippen molar-refractivity contribution in [1.29, 1.82) is 0 Å². The fourth-order valence-electron chi connectivity index (χ4n) is 3.60. The number of aromatic nitrogens is 4. The molecule has 1 fully saturated rings. The summed E-state index contributed by atoms with van der Waals surface area (Å²) in [5, 5.41) is 2.92. The Balaban J connectivity index is 1.55. The van der Waals surface area contributed by atoms with Gasteiger partial charge in [-0.2, -0.15) is 18.2 Å². The Morgan fingerprint density at radius 3 is 2.61 bits per heavy atom. The van der Waals surface area contributed by atoms with Gasteiger partial charge in [0.15, 0.2) is 18.0 Å². The third kappa shape index (κ3) is 5.98. The second kappa shape index (κ2) is 9.39. The van der Waals surface area contributed by atoms with Crippen LogP contribution in [0.25, 0.3) is 11.2 Å². The number of imidazole rings is 1. The predicted octanol–water partition coefficient (Wildman–Crippen LogP) is 3.45. The number of amides is 1. The molecule has 194 valence electrons. The molecule has 36 heavy (non-hydrogen) atoms. The van der Waals surface area contributed by atoms with Crippen molar-refractivity contribution in [2.24, 2.45) is 7.05 Å². The van der Waals surface area contributed by atoms with E-state index >= 15 is 0 Å². The second-order valence-corrected chi connectivity index (χ2v) is 11.4. The zero-order valence-corrected chi connectivity index (χ0v) is 20.7. The van der Waals surface area contributed by atoms with Crippen LogP contribution in [0.2, 0.25) is 5.02 Å². The van der Waals surface area contributed by atoms with E-state index in [1.165, 1.54) is 22.9 Å². The van der Waals surface area contributed by atoms with E-state index in [4.69, 9.17) is 21.1 Å². The van der Waals surface area contributed by atoms with Gasteiger partial charge in [0.1, 0.15) is 15.4 Å². The van der Waals surface area contributed by atoms with E-state index in [2.05, 4.69) is 20.3 Å². The van der Waals surface area contributed by atoms with Crippen LogP contribution in [-0.4, -0.2) is 63.7 Å². The van der Waals surface area contributed by atoms with Crippen molar-refractivity contribution in [3.05, 3.63) is 35.2 Å². The largest absolute Gasteiger partial charge is 0.478 e. The summed E-state index contributed by atoms with van der Waals surface area (Å²) in [6.45, 7) is 0.215. The molecular weight excluding hydrogens is 527 g/mol. The SMILES string of the molecule is Cn1c(C(=O)NC2(C)CCS(=O)(=O)CC2)nc2ccc(Oc3ncc(Cl)cc3OCC(F)(F)F)nc21. The van der Waals surface area contributed by atoms with Crippen LogP contribution in [0.3, 0.4) is 0 Å². The first kappa shape index (κ1) is 25.9. The van der Waals surface area contributed by atoms with Gasteiger partial charge in [-0.25, -0.2) is 18.4 Å². The molecule has 3 aromatic heterocycles. The molecule has 0 bridgehead atoms. The average molecular weight is 548 g/mol. The number of ether oxygens (including phenoxy) is 2. The fourth-order valence-corrected chi connectivity index (χ4v) is 5.47. The van der Waals surface area contributed by atoms with Crippen LogP contribution in [0, 0.1) is 0 Å². The number of carbonyl (C=O) groups excluding carboxylic acids is 1. The van der Waals surface area contributed by atoms with Gasteiger partial charge in [-0.3, -0.25) is 4.79 Å². The highest BCUT2D eigenvalue weighted by molar-refractivity contribution is 7.91. The van der Waals surface area contributed by atoms with Gasteiger partial charge in [-0.15, -0.1) is 0 Å². The Labute approximate surface area is 208 Å². The lowest BCUT2D eigenvalue weighted by molar-refractivity contribution is -0.153. The number of halogens is 4. The minimum Gasteiger partial charge on any atom is -0.478 e. The summed E-state index contributed by atoms with van der Waals surface area (Å²) in [7, 11) is -1.54. The van der Waals surface area contributed by atoms with Crippen molar-refractivity contribution in [1.82, 2.24) is 24.8 Å². The van der Waals surface area contributed by atoms with E-state index in [0.717, 1.165) is 6.07 Å². The summed E-state index contributed by atoms with van der Waals surface area (Å²) < 4.78 is 73.0. The molecule has 1 N–H and O–H groups in total. The zero-order valence-electron chi connectivity index (χ0n) is 19.1. The lowest BCUT2D eigenvalue weighted by atomic mass is 9.95. The topological polar surface area (TPSA) is 125 Å². The Kier molecular flexibility index (Phi) is 6.77. The number of nitrogens with one attached hydrogen (secondary N) is 1. The Bertz CT molecular complexity index is 1410. The van der Waals surface area contributed by atoms with E-state index in [0.29, 0.717) is 5.52 Å². The van der Waals surface area contributed by atoms with Crippen LogP contribution in [0.1, 0.15) is 30.4 Å². The molecule has 0 radical (unpaired) electrons. The van der Waals surface area contributed by atoms with E-state index in [-0.39, 0.29) is 58.4 Å². The Hall–Kier alpha value is -3.13. The van der Waals surface area contributed by atoms with E-state index < -0.39 is 34.1 Å². The van der Waals surface area contributed by atoms with Gasteiger partial charge >= 0.3 is 6.18 Å². The van der Waals surface area contributed by atoms with Gasteiger partial charge in [0.2, 0.25) is 11.7 Å². The molecule has 10 nitrogen and oxygen atoms in total. The maximum atomic E-state index is 12.9. The Morgan fingerprint density at radius 2 is 1.94 bits per heavy atom. The average Bonchev–Trinajstić information content (AvgIpc) is 3.12. The van der Waals surface area contributed by atoms with Crippen LogP contribution in [-0.2, 0) is 16.9 Å². The fraction of sp³-hybridized carbons (Fsp3) is 0.429. The molecule has 0 aromatic carbocycles. The second-order valence-electron chi connectivity index (χ2n) is 8.62. The Morgan fingerprint density at radius 1 is 1.25 bits per heavy atom. The van der Waals surface area contributed by atoms with Crippen molar-refractivity contribution >= 4 is 38.5 Å². The first-order valence-corrected chi connectivity index (χ1v) is 12.8. The first-order chi connectivity index (χ1) is 16.7. The molecule has 15 heteroatoms. The van der Waals surface area contributed by atoms with Crippen molar-refractivity contribution in [2.45, 2.75) is 31.5 Å². The lowest BCUT2D eigenvalue weighted by Gasteiger charge is -2.34. The summed E-state index contributed by atoms with van der Waals surface area (Å²) in [6.07, 6.45) is -2.83. The van der Waals surface area contributed by atoms with Gasteiger partial charge in [-0.1, -0.05) is 11.6 Å². The molecule has 0 unspecified atom stereocenters. The number of rotatable bonds is 6. The quantitative estimate of drug-likeness (QED) is 0.497. The van der Waals surface area contributed by atoms with E-state index in [9.17, 15) is 26.4 Å². The number of carbonyl (C=O) groups is 1. The molecule has 0 atom stereocenters. The van der Waals surface area contributed by atoms with Crippen LogP contribution in [0.5, 0.6) is 17.5 Å². The summed E-state index contributed by atoms with van der Waals surface area (Å²) >= 11 is 5.82. The molecule has 0 spiro atoms. The molecular formula is C21H21ClF3N5O5S. The highest BCUT2D eigenvalue weighted by atomic mass is 35.5. The third-order valence-electron chi connectivity index (χ3n) is 5.62. The number of hydrogen-bond donors (Lipinski definition) is 1. The van der Waals surface area contributed by atoms with Gasteiger partial charge < -0.3 is 19.4 Å². The number of alkyl halides is 3. The van der Waals surface area contributed by atoms with Crippen molar-refractivity contribution in [3.8, 4) is 17.5 Å². The summed E-state index contributed by atoms with van der Waals surface area (Å²) in [4.78, 5) is 25.4. The molecule has 4 rings (SSSR count). The first-order valence-electron chi connectivity index (χ1n) is 10.6. The molecule has 0 saturated carbocycles. The minimum absolute atomic E-state index is 0.0119. The molecule has 4 heterocycles. The van der Waals surface area contributed by atoms with E-state index in [1.54, 1.807) is 14.0 Å². The van der Waals surface area contributed by atoms with Crippen LogP contribution in [0.15, 0.2) is 24.4 Å². The maximum absolute atomic E-state index is 12.9. The number of sulfone groups is 1. The van der Waals surface area contributed by atoms with Crippen molar-refractivity contribution in [3.63, 3.8) is 0 Å². The maximum Gasteiger partial charge on any atom is 0.422 e. The predicted molar refractivity (Wildman–Crippen MR) is 123 cm³/mol. The number of fused-ring (bicyclic) bond motifs is 1. The number of pyridine rings is 2. The third-order valence-corrected chi connectivity index (χ3v) is 7.48. The highest BCUT2D eigenvalue weighted by Crippen LogP contribution is 2.33. The van der Waals surface area contributed by atoms with E-state index in [1.807, 2.05) is 0 Å². The van der Waals surface area contributed by atoms with Gasteiger partial charge in [0, 0.05) is 30.9 Å². The van der Waals surface area contributed by atoms with Crippen LogP contribution >= 0.6 is 11.6 Å². The van der Waals surface area contributed by atoms with Gasteiger partial charge in [0.05, 0.1) is 16.5 Å². The van der Waals surface area contributed by atoms with Gasteiger partial charge in [-0.05, 0) is 25.8 Å². The minimum atomic E-state index is -4.58. The molecule has 3 aromatic rings.